The van der Waals surface area contributed by atoms with E-state index in [4.69, 9.17) is 0 Å². The maximum Gasteiger partial charge on any atom is 0.229 e. The molecule has 34 heavy (non-hydrogen) atoms. The van der Waals surface area contributed by atoms with Gasteiger partial charge in [-0.05, 0) is 37.6 Å². The number of nitrogens with one attached hydrogen (secondary N) is 2. The zero-order chi connectivity index (χ0) is 23.8. The summed E-state index contributed by atoms with van der Waals surface area (Å²) in [5.74, 6) is -0.188. The topological polar surface area (TPSA) is 136 Å². The van der Waals surface area contributed by atoms with Crippen LogP contribution in [0.1, 0.15) is 12.1 Å². The van der Waals surface area contributed by atoms with Gasteiger partial charge in [0.1, 0.15) is 28.3 Å². The molecule has 1 aromatic carbocycles. The second-order valence-corrected chi connectivity index (χ2v) is 9.30. The first kappa shape index (κ1) is 22.5. The van der Waals surface area contributed by atoms with E-state index >= 15 is 0 Å². The average molecular weight is 483 g/mol. The molecule has 0 spiro atoms. The van der Waals surface area contributed by atoms with Gasteiger partial charge in [0.25, 0.3) is 0 Å². The molecule has 4 atom stereocenters. The number of anilines is 3. The van der Waals surface area contributed by atoms with Crippen LogP contribution in [0.25, 0.3) is 20.8 Å². The number of hydrogen-bond donors (Lipinski definition) is 5. The van der Waals surface area contributed by atoms with Crippen LogP contribution in [-0.4, -0.2) is 60.1 Å². The van der Waals surface area contributed by atoms with Crippen LogP contribution in [0.15, 0.2) is 42.7 Å². The molecule has 5 N–H and O–H groups in total. The number of rotatable bonds is 6. The van der Waals surface area contributed by atoms with Crippen LogP contribution >= 0.6 is 11.3 Å². The number of aliphatic hydroxyl groups excluding tert-OH is 3. The number of halogens is 1. The highest BCUT2D eigenvalue weighted by Gasteiger charge is 2.41. The predicted molar refractivity (Wildman–Crippen MR) is 127 cm³/mol. The van der Waals surface area contributed by atoms with E-state index in [-0.39, 0.29) is 12.6 Å². The smallest absolute Gasteiger partial charge is 0.229 e. The fourth-order valence-corrected chi connectivity index (χ4v) is 5.23. The Kier molecular flexibility index (Phi) is 6.09. The molecule has 0 saturated heterocycles. The number of aromatic nitrogens is 4. The van der Waals surface area contributed by atoms with Crippen molar-refractivity contribution in [2.24, 2.45) is 5.92 Å². The SMILES string of the molecule is Cc1nc(Nc2cccc(F)c2)nc(N[C@@H]2C[C@H](CO)[C@@H](O)[C@H]2O)c1-c1nc2cnccc2s1. The lowest BCUT2D eigenvalue weighted by Gasteiger charge is -2.21. The van der Waals surface area contributed by atoms with E-state index in [2.05, 4.69) is 30.6 Å². The lowest BCUT2D eigenvalue weighted by atomic mass is 10.1. The number of nitrogens with zero attached hydrogens (tertiary/aromatic N) is 4. The van der Waals surface area contributed by atoms with Gasteiger partial charge in [-0.15, -0.1) is 11.3 Å². The molecule has 1 aliphatic carbocycles. The summed E-state index contributed by atoms with van der Waals surface area (Å²) < 4.78 is 14.6. The standard InChI is InChI=1S/C23H23FN6O3S/c1-11-18(22-29-16-9-25-6-5-17(16)34-22)21(28-15-7-12(10-31)19(32)20(15)33)30-23(26-11)27-14-4-2-3-13(24)8-14/h2-6,8-9,12,15,19-20,31-33H,7,10H2,1H3,(H2,26,27,28,30)/t12-,15-,19-,20+/m1/s1. The Morgan fingerprint density at radius 1 is 1.15 bits per heavy atom. The first-order valence-corrected chi connectivity index (χ1v) is 11.6. The number of fused-ring (bicyclic) bond motifs is 1. The summed E-state index contributed by atoms with van der Waals surface area (Å²) in [6.07, 6.45) is 1.61. The Labute approximate surface area is 198 Å². The maximum absolute atomic E-state index is 13.7. The monoisotopic (exact) mass is 482 g/mol. The fourth-order valence-electron chi connectivity index (χ4n) is 4.20. The maximum atomic E-state index is 13.7. The molecule has 1 fully saturated rings. The summed E-state index contributed by atoms with van der Waals surface area (Å²) in [6.45, 7) is 1.59. The summed E-state index contributed by atoms with van der Waals surface area (Å²) in [5.41, 5.74) is 2.50. The highest BCUT2D eigenvalue weighted by molar-refractivity contribution is 7.21. The van der Waals surface area contributed by atoms with Crippen molar-refractivity contribution in [1.29, 1.82) is 0 Å². The zero-order valence-electron chi connectivity index (χ0n) is 18.2. The zero-order valence-corrected chi connectivity index (χ0v) is 19.0. The molecule has 1 saturated carbocycles. The molecule has 0 amide bonds. The third kappa shape index (κ3) is 4.30. The molecule has 0 bridgehead atoms. The van der Waals surface area contributed by atoms with E-state index in [1.807, 2.05) is 13.0 Å². The van der Waals surface area contributed by atoms with Gasteiger partial charge in [-0.25, -0.2) is 14.4 Å². The Bertz CT molecular complexity index is 1300. The molecule has 3 heterocycles. The van der Waals surface area contributed by atoms with Gasteiger partial charge in [-0.1, -0.05) is 6.07 Å². The van der Waals surface area contributed by atoms with Gasteiger partial charge in [0.05, 0.1) is 34.3 Å². The predicted octanol–water partition coefficient (Wildman–Crippen LogP) is 2.85. The average Bonchev–Trinajstić information content (AvgIpc) is 3.35. The molecule has 0 radical (unpaired) electrons. The summed E-state index contributed by atoms with van der Waals surface area (Å²) in [6, 6.07) is 7.30. The normalized spacial score (nSPS) is 22.3. The van der Waals surface area contributed by atoms with Gasteiger partial charge in [0, 0.05) is 24.4 Å². The van der Waals surface area contributed by atoms with Crippen molar-refractivity contribution in [1.82, 2.24) is 19.9 Å². The van der Waals surface area contributed by atoms with E-state index in [1.54, 1.807) is 24.5 Å². The summed E-state index contributed by atoms with van der Waals surface area (Å²) in [4.78, 5) is 18.0. The van der Waals surface area contributed by atoms with Gasteiger partial charge in [0.15, 0.2) is 0 Å². The first-order valence-electron chi connectivity index (χ1n) is 10.8. The molecule has 5 rings (SSSR count). The molecule has 0 unspecified atom stereocenters. The Hall–Kier alpha value is -3.25. The number of aryl methyl sites for hydroxylation is 1. The largest absolute Gasteiger partial charge is 0.396 e. The van der Waals surface area contributed by atoms with Gasteiger partial charge < -0.3 is 26.0 Å². The third-order valence-electron chi connectivity index (χ3n) is 5.93. The molecule has 3 aromatic heterocycles. The van der Waals surface area contributed by atoms with Crippen molar-refractivity contribution in [2.45, 2.75) is 31.6 Å². The van der Waals surface area contributed by atoms with E-state index < -0.39 is 30.0 Å². The highest BCUT2D eigenvalue weighted by atomic mass is 32.1. The summed E-state index contributed by atoms with van der Waals surface area (Å²) >= 11 is 1.46. The number of pyridine rings is 1. The van der Waals surface area contributed by atoms with Gasteiger partial charge in [-0.3, -0.25) is 4.98 Å². The van der Waals surface area contributed by atoms with Crippen LogP contribution in [-0.2, 0) is 0 Å². The Morgan fingerprint density at radius 2 is 2.00 bits per heavy atom. The van der Waals surface area contributed by atoms with Crippen LogP contribution in [0.5, 0.6) is 0 Å². The first-order chi connectivity index (χ1) is 16.4. The Balaban J connectivity index is 1.57. The van der Waals surface area contributed by atoms with E-state index in [9.17, 15) is 19.7 Å². The molecular weight excluding hydrogens is 459 g/mol. The summed E-state index contributed by atoms with van der Waals surface area (Å²) in [5, 5.41) is 37.3. The number of benzene rings is 1. The van der Waals surface area contributed by atoms with Crippen molar-refractivity contribution in [3.8, 4) is 10.6 Å². The quantitative estimate of drug-likeness (QED) is 0.281. The molecule has 11 heteroatoms. The molecule has 0 aliphatic heterocycles. The minimum Gasteiger partial charge on any atom is -0.396 e. The lowest BCUT2D eigenvalue weighted by Crippen LogP contribution is -2.35. The minimum atomic E-state index is -1.08. The second-order valence-electron chi connectivity index (χ2n) is 8.26. The van der Waals surface area contributed by atoms with Crippen molar-refractivity contribution >= 4 is 39.0 Å². The molecular formula is C23H23FN6O3S. The van der Waals surface area contributed by atoms with Crippen LogP contribution in [0, 0.1) is 18.7 Å². The highest BCUT2D eigenvalue weighted by Crippen LogP contribution is 2.38. The molecule has 4 aromatic rings. The number of hydrogen-bond acceptors (Lipinski definition) is 10. The summed E-state index contributed by atoms with van der Waals surface area (Å²) in [7, 11) is 0. The van der Waals surface area contributed by atoms with Gasteiger partial charge in [-0.2, -0.15) is 4.98 Å². The van der Waals surface area contributed by atoms with Crippen molar-refractivity contribution in [2.75, 3.05) is 17.2 Å². The molecule has 176 valence electrons. The van der Waals surface area contributed by atoms with Crippen LogP contribution < -0.4 is 10.6 Å². The van der Waals surface area contributed by atoms with Crippen LogP contribution in [0.4, 0.5) is 21.8 Å². The second kappa shape index (κ2) is 9.18. The third-order valence-corrected chi connectivity index (χ3v) is 6.99. The van der Waals surface area contributed by atoms with Gasteiger partial charge in [0.2, 0.25) is 5.95 Å². The molecule has 1 aliphatic rings. The number of thiazole rings is 1. The Morgan fingerprint density at radius 3 is 2.74 bits per heavy atom. The minimum absolute atomic E-state index is 0.233. The van der Waals surface area contributed by atoms with Crippen LogP contribution in [0.2, 0.25) is 0 Å². The van der Waals surface area contributed by atoms with Crippen molar-refractivity contribution in [3.63, 3.8) is 0 Å². The van der Waals surface area contributed by atoms with E-state index in [0.717, 1.165) is 10.2 Å². The lowest BCUT2D eigenvalue weighted by molar-refractivity contribution is 0.00446. The fraction of sp³-hybridized carbons (Fsp3) is 0.304. The molecule has 9 nitrogen and oxygen atoms in total. The van der Waals surface area contributed by atoms with E-state index in [1.165, 1.54) is 23.5 Å². The van der Waals surface area contributed by atoms with Gasteiger partial charge >= 0.3 is 0 Å². The van der Waals surface area contributed by atoms with E-state index in [0.29, 0.717) is 34.2 Å². The number of aliphatic hydroxyl groups is 3. The van der Waals surface area contributed by atoms with Crippen LogP contribution in [0.3, 0.4) is 0 Å². The van der Waals surface area contributed by atoms with Crippen molar-refractivity contribution in [3.05, 3.63) is 54.2 Å². The van der Waals surface area contributed by atoms with Crippen molar-refractivity contribution < 1.29 is 19.7 Å².